The Labute approximate surface area is 74.7 Å². The Morgan fingerprint density at radius 3 is 3.25 bits per heavy atom. The van der Waals surface area contributed by atoms with E-state index in [0.717, 1.165) is 23.8 Å². The lowest BCUT2D eigenvalue weighted by molar-refractivity contribution is 1.14. The molecule has 1 N–H and O–H groups in total. The van der Waals surface area contributed by atoms with Crippen LogP contribution in [0.15, 0.2) is 23.6 Å². The van der Waals surface area contributed by atoms with Gasteiger partial charge in [0.1, 0.15) is 12.2 Å². The number of rotatable bonds is 1. The third-order valence-electron chi connectivity index (χ3n) is 1.45. The lowest BCUT2D eigenvalue weighted by atomic mass is 10.4. The van der Waals surface area contributed by atoms with Crippen molar-refractivity contribution in [3.05, 3.63) is 18.6 Å². The van der Waals surface area contributed by atoms with E-state index in [4.69, 9.17) is 0 Å². The molecule has 12 heavy (non-hydrogen) atoms. The molecule has 2 rings (SSSR count). The molecular weight excluding hydrogens is 172 g/mol. The van der Waals surface area contributed by atoms with Crippen LogP contribution in [0.25, 0.3) is 0 Å². The highest BCUT2D eigenvalue weighted by Gasteiger charge is 2.07. The largest absolute Gasteiger partial charge is 0.318 e. The molecule has 0 atom stereocenters. The van der Waals surface area contributed by atoms with Crippen LogP contribution in [0.4, 0.5) is 5.82 Å². The monoisotopic (exact) mass is 180 g/mol. The zero-order valence-electron chi connectivity index (χ0n) is 6.40. The van der Waals surface area contributed by atoms with Crippen LogP contribution in [0.5, 0.6) is 0 Å². The fourth-order valence-electron chi connectivity index (χ4n) is 0.900. The number of nitrogens with zero attached hydrogens (tertiary/aromatic N) is 3. The van der Waals surface area contributed by atoms with Crippen molar-refractivity contribution in [2.24, 2.45) is 4.99 Å². The molecule has 1 aliphatic rings. The van der Waals surface area contributed by atoms with Crippen molar-refractivity contribution >= 4 is 23.6 Å². The molecule has 62 valence electrons. The van der Waals surface area contributed by atoms with Crippen LogP contribution in [0, 0.1) is 0 Å². The molecule has 0 saturated carbocycles. The van der Waals surface area contributed by atoms with Crippen molar-refractivity contribution in [1.82, 2.24) is 14.7 Å². The summed E-state index contributed by atoms with van der Waals surface area (Å²) in [5.74, 6) is 2.80. The Hall–Kier alpha value is -1.10. The predicted molar refractivity (Wildman–Crippen MR) is 49.3 cm³/mol. The van der Waals surface area contributed by atoms with Gasteiger partial charge in [-0.1, -0.05) is 11.9 Å². The highest BCUT2D eigenvalue weighted by atomic mass is 32.2. The number of aliphatic imine (C=N–C) groups is 1. The second-order valence-electron chi connectivity index (χ2n) is 2.33. The summed E-state index contributed by atoms with van der Waals surface area (Å²) in [6.45, 7) is 0. The Kier molecular flexibility index (Phi) is 2.22. The molecule has 5 heteroatoms. The van der Waals surface area contributed by atoms with E-state index in [2.05, 4.69) is 19.7 Å². The van der Waals surface area contributed by atoms with E-state index in [1.807, 2.05) is 0 Å². The first-order valence-electron chi connectivity index (χ1n) is 3.66. The maximum absolute atomic E-state index is 4.29. The van der Waals surface area contributed by atoms with Crippen molar-refractivity contribution in [2.75, 3.05) is 5.75 Å². The van der Waals surface area contributed by atoms with Crippen molar-refractivity contribution in [3.8, 4) is 0 Å². The molecule has 0 aromatic carbocycles. The summed E-state index contributed by atoms with van der Waals surface area (Å²) in [5.41, 5.74) is 0. The lowest BCUT2D eigenvalue weighted by Crippen LogP contribution is -2.06. The molecular formula is C7H8N4S. The van der Waals surface area contributed by atoms with Gasteiger partial charge in [-0.15, -0.1) is 0 Å². The average Bonchev–Trinajstić information content (AvgIpc) is 2.59. The lowest BCUT2D eigenvalue weighted by Gasteiger charge is -1.94. The minimum absolute atomic E-state index is 0.718. The molecule has 1 aliphatic heterocycles. The molecule has 1 fully saturated rings. The van der Waals surface area contributed by atoms with Gasteiger partial charge in [-0.3, -0.25) is 0 Å². The number of hydrogen-bond acceptors (Lipinski definition) is 4. The summed E-state index contributed by atoms with van der Waals surface area (Å²) in [5, 5.41) is 0. The van der Waals surface area contributed by atoms with Gasteiger partial charge in [0, 0.05) is 24.4 Å². The predicted octanol–water partition coefficient (Wildman–Crippen LogP) is 1.15. The zero-order chi connectivity index (χ0) is 8.23. The summed E-state index contributed by atoms with van der Waals surface area (Å²) in [4.78, 5) is 12.1. The fraction of sp³-hybridized carbons (Fsp3) is 0.286. The SMILES string of the molecule is c1cc(N=C2CCSN2)ncn1. The van der Waals surface area contributed by atoms with Gasteiger partial charge < -0.3 is 4.72 Å². The second kappa shape index (κ2) is 3.53. The van der Waals surface area contributed by atoms with Gasteiger partial charge in [-0.2, -0.15) is 0 Å². The molecule has 0 radical (unpaired) electrons. The van der Waals surface area contributed by atoms with Crippen LogP contribution >= 0.6 is 11.9 Å². The van der Waals surface area contributed by atoms with Crippen LogP contribution in [0.2, 0.25) is 0 Å². The van der Waals surface area contributed by atoms with Crippen molar-refractivity contribution in [1.29, 1.82) is 0 Å². The van der Waals surface area contributed by atoms with Gasteiger partial charge in [0.15, 0.2) is 5.82 Å². The number of aromatic nitrogens is 2. The smallest absolute Gasteiger partial charge is 0.157 e. The summed E-state index contributed by atoms with van der Waals surface area (Å²) in [6.07, 6.45) is 4.19. The summed E-state index contributed by atoms with van der Waals surface area (Å²) in [6, 6.07) is 1.79. The molecule has 1 aromatic heterocycles. The van der Waals surface area contributed by atoms with Gasteiger partial charge in [0.05, 0.1) is 0 Å². The molecule has 0 bridgehead atoms. The van der Waals surface area contributed by atoms with Gasteiger partial charge in [0.2, 0.25) is 0 Å². The maximum atomic E-state index is 4.29. The number of nitrogens with one attached hydrogen (secondary N) is 1. The average molecular weight is 180 g/mol. The van der Waals surface area contributed by atoms with Crippen molar-refractivity contribution in [3.63, 3.8) is 0 Å². The molecule has 2 heterocycles. The second-order valence-corrected chi connectivity index (χ2v) is 3.23. The molecule has 4 nitrogen and oxygen atoms in total. The molecule has 0 amide bonds. The topological polar surface area (TPSA) is 50.2 Å². The molecule has 1 saturated heterocycles. The Morgan fingerprint density at radius 2 is 2.58 bits per heavy atom. The molecule has 0 spiro atoms. The number of hydrogen-bond donors (Lipinski definition) is 1. The Morgan fingerprint density at radius 1 is 1.58 bits per heavy atom. The van der Waals surface area contributed by atoms with E-state index < -0.39 is 0 Å². The first-order chi connectivity index (χ1) is 5.95. The van der Waals surface area contributed by atoms with Crippen LogP contribution in [0.3, 0.4) is 0 Å². The van der Waals surface area contributed by atoms with Gasteiger partial charge >= 0.3 is 0 Å². The minimum Gasteiger partial charge on any atom is -0.318 e. The summed E-state index contributed by atoms with van der Waals surface area (Å²) >= 11 is 1.68. The van der Waals surface area contributed by atoms with Crippen LogP contribution < -0.4 is 4.72 Å². The first kappa shape index (κ1) is 7.54. The third-order valence-corrected chi connectivity index (χ3v) is 2.23. The van der Waals surface area contributed by atoms with E-state index in [-0.39, 0.29) is 0 Å². The van der Waals surface area contributed by atoms with Gasteiger partial charge in [-0.25, -0.2) is 15.0 Å². The molecule has 0 unspecified atom stereocenters. The van der Waals surface area contributed by atoms with E-state index in [1.54, 1.807) is 24.2 Å². The Balaban J connectivity index is 2.16. The van der Waals surface area contributed by atoms with E-state index in [9.17, 15) is 0 Å². The quantitative estimate of drug-likeness (QED) is 0.659. The molecule has 1 aromatic rings. The van der Waals surface area contributed by atoms with Crippen LogP contribution in [0.1, 0.15) is 6.42 Å². The van der Waals surface area contributed by atoms with Gasteiger partial charge in [-0.05, 0) is 0 Å². The maximum Gasteiger partial charge on any atom is 0.157 e. The van der Waals surface area contributed by atoms with Crippen LogP contribution in [-0.2, 0) is 0 Å². The van der Waals surface area contributed by atoms with Crippen LogP contribution in [-0.4, -0.2) is 21.6 Å². The zero-order valence-corrected chi connectivity index (χ0v) is 7.21. The fourth-order valence-corrected chi connectivity index (χ4v) is 1.61. The van der Waals surface area contributed by atoms with Crippen molar-refractivity contribution in [2.45, 2.75) is 6.42 Å². The van der Waals surface area contributed by atoms with Gasteiger partial charge in [0.25, 0.3) is 0 Å². The normalized spacial score (nSPS) is 19.5. The highest BCUT2D eigenvalue weighted by Crippen LogP contribution is 2.12. The number of amidine groups is 1. The highest BCUT2D eigenvalue weighted by molar-refractivity contribution is 7.98. The van der Waals surface area contributed by atoms with E-state index in [0.29, 0.717) is 0 Å². The first-order valence-corrected chi connectivity index (χ1v) is 4.65. The summed E-state index contributed by atoms with van der Waals surface area (Å²) in [7, 11) is 0. The van der Waals surface area contributed by atoms with Crippen molar-refractivity contribution < 1.29 is 0 Å². The van der Waals surface area contributed by atoms with E-state index >= 15 is 0 Å². The third kappa shape index (κ3) is 1.73. The van der Waals surface area contributed by atoms with E-state index in [1.165, 1.54) is 6.33 Å². The Bertz CT molecular complexity index is 277. The molecule has 0 aliphatic carbocycles. The summed E-state index contributed by atoms with van der Waals surface area (Å²) < 4.78 is 3.11. The minimum atomic E-state index is 0.718. The standard InChI is InChI=1S/C7H8N4S/c1-3-8-5-9-6(1)10-7-2-4-12-11-7/h1,3,5H,2,4H2,(H,8,9,10,11).